The predicted molar refractivity (Wildman–Crippen MR) is 79.8 cm³/mol. The Morgan fingerprint density at radius 2 is 1.35 bits per heavy atom. The highest BCUT2D eigenvalue weighted by Gasteiger charge is 2.33. The van der Waals surface area contributed by atoms with Gasteiger partial charge in [-0.25, -0.2) is 4.79 Å². The number of nitrogens with zero attached hydrogens (tertiary/aromatic N) is 2. The Bertz CT molecular complexity index is 263. The Balaban J connectivity index is 2.63. The molecule has 1 aliphatic rings. The number of carbonyl (C=O) groups excluding carboxylic acids is 1. The average molecular weight is 313 g/mol. The molecule has 3 nitrogen and oxygen atoms in total. The van der Waals surface area contributed by atoms with Crippen molar-refractivity contribution < 1.29 is 4.79 Å². The summed E-state index contributed by atoms with van der Waals surface area (Å²) < 4.78 is 0. The van der Waals surface area contributed by atoms with Gasteiger partial charge in [-0.05, 0) is 6.42 Å². The lowest BCUT2D eigenvalue weighted by molar-refractivity contribution is 0.145. The molecule has 1 fully saturated rings. The van der Waals surface area contributed by atoms with Gasteiger partial charge >= 0.3 is 6.03 Å². The third-order valence-corrected chi connectivity index (χ3v) is 5.52. The van der Waals surface area contributed by atoms with Gasteiger partial charge in [-0.2, -0.15) is 22.2 Å². The normalized spacial score (nSPS) is 18.8. The van der Waals surface area contributed by atoms with Gasteiger partial charge in [-0.15, -0.1) is 0 Å². The molecule has 0 aromatic rings. The largest absolute Gasteiger partial charge is 0.326 e. The third-order valence-electron chi connectivity index (χ3n) is 2.53. The first kappa shape index (κ1) is 15.3. The molecule has 1 heterocycles. The molecule has 2 amide bonds. The molecule has 0 aliphatic carbocycles. The number of hydrogen-bond acceptors (Lipinski definition) is 1. The summed E-state index contributed by atoms with van der Waals surface area (Å²) in [6, 6.07) is 0.124. The van der Waals surface area contributed by atoms with Gasteiger partial charge in [0.05, 0.1) is 0 Å². The summed E-state index contributed by atoms with van der Waals surface area (Å²) in [6.45, 7) is 9.95. The van der Waals surface area contributed by atoms with Gasteiger partial charge in [0.1, 0.15) is 0 Å². The topological polar surface area (TPSA) is 23.6 Å². The zero-order valence-electron chi connectivity index (χ0n) is 11.1. The fraction of sp³-hybridized carbons (Fsp3) is 0.900. The highest BCUT2D eigenvalue weighted by Crippen LogP contribution is 2.18. The molecule has 0 spiro atoms. The van der Waals surface area contributed by atoms with E-state index < -0.39 is 14.8 Å². The van der Waals surface area contributed by atoms with Gasteiger partial charge in [-0.1, -0.05) is 26.2 Å². The quantitative estimate of drug-likeness (QED) is 0.578. The Kier molecular flexibility index (Phi) is 4.97. The van der Waals surface area contributed by atoms with Crippen LogP contribution < -0.4 is 0 Å². The van der Waals surface area contributed by atoms with E-state index in [4.69, 9.17) is 22.2 Å². The Hall–Kier alpha value is 0.284. The van der Waals surface area contributed by atoms with Gasteiger partial charge in [-0.3, -0.25) is 0 Å². The minimum absolute atomic E-state index is 0.124. The summed E-state index contributed by atoms with van der Waals surface area (Å²) in [4.78, 5) is 16.1. The van der Waals surface area contributed by atoms with Crippen LogP contribution in [0.25, 0.3) is 0 Å². The summed E-state index contributed by atoms with van der Waals surface area (Å²) in [6.07, 6.45) is 2.48. The van der Waals surface area contributed by atoms with Crippen LogP contribution >= 0.6 is 22.2 Å². The molecular weight excluding hydrogens is 291 g/mol. The van der Waals surface area contributed by atoms with Crippen molar-refractivity contribution in [2.75, 3.05) is 25.4 Å². The Morgan fingerprint density at radius 1 is 1.00 bits per heavy atom. The number of halogens is 2. The smallest absolute Gasteiger partial charge is 0.319 e. The lowest BCUT2D eigenvalue weighted by Gasteiger charge is -2.39. The summed E-state index contributed by atoms with van der Waals surface area (Å²) in [7, 11) is -3.49. The van der Waals surface area contributed by atoms with E-state index in [-0.39, 0.29) is 6.03 Å². The second kappa shape index (κ2) is 5.51. The van der Waals surface area contributed by atoms with E-state index in [1.165, 1.54) is 0 Å². The third kappa shape index (κ3) is 5.63. The summed E-state index contributed by atoms with van der Waals surface area (Å²) in [5.41, 5.74) is 0. The molecule has 100 valence electrons. The molecule has 1 aliphatic heterocycles. The van der Waals surface area contributed by atoms with E-state index >= 15 is 0 Å². The van der Waals surface area contributed by atoms with Gasteiger partial charge in [0.2, 0.25) is 0 Å². The molecule has 0 bridgehead atoms. The van der Waals surface area contributed by atoms with Crippen LogP contribution in [0.3, 0.4) is 0 Å². The summed E-state index contributed by atoms with van der Waals surface area (Å²) in [5, 5.41) is 0. The van der Waals surface area contributed by atoms with Crippen molar-refractivity contribution in [2.24, 2.45) is 0 Å². The molecular formula is C10H22Cl2N2OSi2. The van der Waals surface area contributed by atoms with Crippen molar-refractivity contribution >= 4 is 43.0 Å². The van der Waals surface area contributed by atoms with Crippen molar-refractivity contribution in [3.8, 4) is 0 Å². The van der Waals surface area contributed by atoms with E-state index in [1.807, 2.05) is 9.80 Å². The van der Waals surface area contributed by atoms with Gasteiger partial charge in [0, 0.05) is 25.4 Å². The Labute approximate surface area is 115 Å². The molecule has 0 N–H and O–H groups in total. The van der Waals surface area contributed by atoms with E-state index in [2.05, 4.69) is 26.2 Å². The zero-order valence-corrected chi connectivity index (χ0v) is 14.6. The number of carbonyl (C=O) groups is 1. The van der Waals surface area contributed by atoms with Crippen LogP contribution in [0.4, 0.5) is 4.79 Å². The highest BCUT2D eigenvalue weighted by molar-refractivity contribution is 7.19. The second-order valence-electron chi connectivity index (χ2n) is 5.92. The molecule has 1 rings (SSSR count). The average Bonchev–Trinajstić information content (AvgIpc) is 2.07. The summed E-state index contributed by atoms with van der Waals surface area (Å²) in [5.74, 6) is 0. The molecule has 1 saturated heterocycles. The molecule has 0 saturated carbocycles. The first-order valence-electron chi connectivity index (χ1n) is 6.00. The van der Waals surface area contributed by atoms with Crippen LogP contribution in [0.5, 0.6) is 0 Å². The number of hydrogen-bond donors (Lipinski definition) is 0. The van der Waals surface area contributed by atoms with E-state index in [0.717, 1.165) is 31.8 Å². The van der Waals surface area contributed by atoms with Gasteiger partial charge < -0.3 is 9.80 Å². The predicted octanol–water partition coefficient (Wildman–Crippen LogP) is 3.08. The minimum atomic E-state index is -1.75. The monoisotopic (exact) mass is 312 g/mol. The fourth-order valence-corrected chi connectivity index (χ4v) is 5.31. The Morgan fingerprint density at radius 3 is 1.65 bits per heavy atom. The van der Waals surface area contributed by atoms with Crippen molar-refractivity contribution in [1.82, 2.24) is 9.80 Å². The number of urea groups is 1. The van der Waals surface area contributed by atoms with Gasteiger partial charge in [0.15, 0.2) is 14.8 Å². The van der Waals surface area contributed by atoms with E-state index in [0.29, 0.717) is 0 Å². The molecule has 0 radical (unpaired) electrons. The standard InChI is InChI=1S/C10H22Cl2N2OSi2/c1-16(2,11)8-13-6-5-7-14(10(13)15)9-17(3,4)12/h5-9H2,1-4H3. The zero-order chi connectivity index (χ0) is 13.3. The maximum Gasteiger partial charge on any atom is 0.319 e. The second-order valence-corrected chi connectivity index (χ2v) is 19.6. The first-order valence-corrected chi connectivity index (χ1v) is 14.4. The molecule has 7 heteroatoms. The van der Waals surface area contributed by atoms with Gasteiger partial charge in [0.25, 0.3) is 0 Å². The highest BCUT2D eigenvalue weighted by atomic mass is 35.6. The van der Waals surface area contributed by atoms with Crippen LogP contribution in [-0.2, 0) is 0 Å². The SMILES string of the molecule is C[Si](C)(Cl)CN1CCCN(C[Si](C)(C)Cl)C1=O. The maximum atomic E-state index is 12.3. The van der Waals surface area contributed by atoms with Crippen LogP contribution in [-0.4, -0.2) is 56.0 Å². The molecule has 0 unspecified atom stereocenters. The number of amides is 2. The minimum Gasteiger partial charge on any atom is -0.326 e. The molecule has 0 atom stereocenters. The van der Waals surface area contributed by atoms with E-state index in [9.17, 15) is 4.79 Å². The van der Waals surface area contributed by atoms with Crippen LogP contribution in [0.1, 0.15) is 6.42 Å². The van der Waals surface area contributed by atoms with Crippen molar-refractivity contribution in [3.05, 3.63) is 0 Å². The van der Waals surface area contributed by atoms with Crippen molar-refractivity contribution in [1.29, 1.82) is 0 Å². The first-order chi connectivity index (χ1) is 7.58. The lowest BCUT2D eigenvalue weighted by atomic mass is 10.3. The maximum absolute atomic E-state index is 12.3. The van der Waals surface area contributed by atoms with Crippen molar-refractivity contribution in [3.63, 3.8) is 0 Å². The molecule has 0 aromatic heterocycles. The lowest BCUT2D eigenvalue weighted by Crippen LogP contribution is -2.56. The van der Waals surface area contributed by atoms with Crippen LogP contribution in [0.15, 0.2) is 0 Å². The summed E-state index contributed by atoms with van der Waals surface area (Å²) >= 11 is 12.6. The van der Waals surface area contributed by atoms with Crippen LogP contribution in [0.2, 0.25) is 26.2 Å². The van der Waals surface area contributed by atoms with Crippen molar-refractivity contribution in [2.45, 2.75) is 32.6 Å². The van der Waals surface area contributed by atoms with E-state index in [1.54, 1.807) is 0 Å². The van der Waals surface area contributed by atoms with Crippen LogP contribution in [0, 0.1) is 0 Å². The molecule has 17 heavy (non-hydrogen) atoms. The molecule has 0 aromatic carbocycles. The number of rotatable bonds is 4. The fourth-order valence-electron chi connectivity index (χ4n) is 2.04.